The first-order chi connectivity index (χ1) is 9.93. The summed E-state index contributed by atoms with van der Waals surface area (Å²) in [5.41, 5.74) is 2.35. The number of nitrogens with zero attached hydrogens (tertiary/aromatic N) is 1. The van der Waals surface area contributed by atoms with Crippen molar-refractivity contribution in [3.63, 3.8) is 0 Å². The zero-order valence-corrected chi connectivity index (χ0v) is 10.9. The van der Waals surface area contributed by atoms with E-state index in [1.165, 1.54) is 21.7 Å². The third kappa shape index (κ3) is 1.68. The molecule has 0 saturated heterocycles. The molecule has 0 aliphatic rings. The Bertz CT molecular complexity index is 895. The maximum atomic E-state index is 4.22. The minimum Gasteiger partial charge on any atom is -0.264 e. The van der Waals surface area contributed by atoms with Gasteiger partial charge < -0.3 is 0 Å². The number of hydrogen-bond donors (Lipinski definition) is 0. The van der Waals surface area contributed by atoms with Crippen LogP contribution in [0.2, 0.25) is 0 Å². The molecule has 1 nitrogen and oxygen atoms in total. The SMILES string of the molecule is [c]1cc2c(-c3cccnc3)cccc2c2ccccc12. The number of fused-ring (bicyclic) bond motifs is 3. The van der Waals surface area contributed by atoms with Crippen LogP contribution in [0, 0.1) is 6.07 Å². The van der Waals surface area contributed by atoms with Gasteiger partial charge in [-0.3, -0.25) is 4.98 Å². The maximum absolute atomic E-state index is 4.22. The maximum Gasteiger partial charge on any atom is 0.0346 e. The molecule has 0 fully saturated rings. The van der Waals surface area contributed by atoms with Gasteiger partial charge in [0.05, 0.1) is 0 Å². The molecule has 0 aliphatic carbocycles. The lowest BCUT2D eigenvalue weighted by Crippen LogP contribution is -1.84. The lowest BCUT2D eigenvalue weighted by molar-refractivity contribution is 1.33. The summed E-state index contributed by atoms with van der Waals surface area (Å²) in [6, 6.07) is 24.3. The molecule has 0 N–H and O–H groups in total. The van der Waals surface area contributed by atoms with Crippen LogP contribution in [-0.4, -0.2) is 4.98 Å². The molecule has 4 aromatic rings. The van der Waals surface area contributed by atoms with E-state index < -0.39 is 0 Å². The fourth-order valence-corrected chi connectivity index (χ4v) is 2.72. The Morgan fingerprint density at radius 2 is 1.65 bits per heavy atom. The highest BCUT2D eigenvalue weighted by atomic mass is 14.6. The molecule has 0 unspecified atom stereocenters. The summed E-state index contributed by atoms with van der Waals surface area (Å²) in [4.78, 5) is 4.22. The molecule has 20 heavy (non-hydrogen) atoms. The van der Waals surface area contributed by atoms with Crippen LogP contribution < -0.4 is 0 Å². The monoisotopic (exact) mass is 254 g/mol. The largest absolute Gasteiger partial charge is 0.264 e. The van der Waals surface area contributed by atoms with Crippen molar-refractivity contribution < 1.29 is 0 Å². The molecule has 93 valence electrons. The van der Waals surface area contributed by atoms with E-state index in [9.17, 15) is 0 Å². The number of pyridine rings is 1. The quantitative estimate of drug-likeness (QED) is 0.442. The average molecular weight is 254 g/mol. The third-order valence-electron chi connectivity index (χ3n) is 3.67. The zero-order chi connectivity index (χ0) is 13.4. The molecule has 0 amide bonds. The van der Waals surface area contributed by atoms with Crippen molar-refractivity contribution in [1.82, 2.24) is 4.98 Å². The Balaban J connectivity index is 2.12. The van der Waals surface area contributed by atoms with E-state index in [2.05, 4.69) is 65.6 Å². The second kappa shape index (κ2) is 4.46. The van der Waals surface area contributed by atoms with E-state index in [0.717, 1.165) is 10.9 Å². The summed E-state index contributed by atoms with van der Waals surface area (Å²) in [7, 11) is 0. The highest BCUT2D eigenvalue weighted by molar-refractivity contribution is 6.11. The molecule has 1 heterocycles. The van der Waals surface area contributed by atoms with Gasteiger partial charge >= 0.3 is 0 Å². The van der Waals surface area contributed by atoms with Gasteiger partial charge in [0.25, 0.3) is 0 Å². The average Bonchev–Trinajstić information content (AvgIpc) is 2.55. The smallest absolute Gasteiger partial charge is 0.0346 e. The van der Waals surface area contributed by atoms with Gasteiger partial charge in [-0.2, -0.15) is 0 Å². The molecule has 0 spiro atoms. The zero-order valence-electron chi connectivity index (χ0n) is 10.9. The first-order valence-electron chi connectivity index (χ1n) is 6.66. The molecule has 0 bridgehead atoms. The molecule has 1 aromatic heterocycles. The normalized spacial score (nSPS) is 11.0. The van der Waals surface area contributed by atoms with Crippen molar-refractivity contribution >= 4 is 21.5 Å². The Kier molecular flexibility index (Phi) is 2.49. The molecule has 1 heteroatoms. The Morgan fingerprint density at radius 3 is 2.55 bits per heavy atom. The molecule has 0 aliphatic heterocycles. The standard InChI is InChI=1S/C19H12N/c1-2-7-16-14(5-1)10-11-19-17(8-3-9-18(16)19)15-6-4-12-20-13-15/h1-9,11-13H. The Labute approximate surface area is 117 Å². The van der Waals surface area contributed by atoms with E-state index in [1.54, 1.807) is 6.20 Å². The second-order valence-electron chi connectivity index (χ2n) is 4.84. The van der Waals surface area contributed by atoms with Crippen molar-refractivity contribution in [1.29, 1.82) is 0 Å². The van der Waals surface area contributed by atoms with Gasteiger partial charge in [-0.05, 0) is 45.3 Å². The van der Waals surface area contributed by atoms with Gasteiger partial charge in [0, 0.05) is 18.0 Å². The summed E-state index contributed by atoms with van der Waals surface area (Å²) < 4.78 is 0. The highest BCUT2D eigenvalue weighted by Gasteiger charge is 2.06. The lowest BCUT2D eigenvalue weighted by atomic mass is 9.95. The molecular formula is C19H12N. The first kappa shape index (κ1) is 11.2. The molecule has 3 aromatic carbocycles. The van der Waals surface area contributed by atoms with Crippen LogP contribution in [0.25, 0.3) is 32.7 Å². The molecule has 0 saturated carbocycles. The Morgan fingerprint density at radius 1 is 0.750 bits per heavy atom. The van der Waals surface area contributed by atoms with Crippen molar-refractivity contribution in [2.45, 2.75) is 0 Å². The van der Waals surface area contributed by atoms with Crippen LogP contribution in [0.15, 0.2) is 73.1 Å². The second-order valence-corrected chi connectivity index (χ2v) is 4.84. The lowest BCUT2D eigenvalue weighted by Gasteiger charge is -2.08. The number of hydrogen-bond acceptors (Lipinski definition) is 1. The predicted octanol–water partition coefficient (Wildman–Crippen LogP) is 4.86. The fourth-order valence-electron chi connectivity index (χ4n) is 2.72. The van der Waals surface area contributed by atoms with Gasteiger partial charge in [-0.1, -0.05) is 48.5 Å². The van der Waals surface area contributed by atoms with Gasteiger partial charge in [0.1, 0.15) is 0 Å². The third-order valence-corrected chi connectivity index (χ3v) is 3.67. The predicted molar refractivity (Wildman–Crippen MR) is 83.5 cm³/mol. The highest BCUT2D eigenvalue weighted by Crippen LogP contribution is 2.32. The van der Waals surface area contributed by atoms with Crippen molar-refractivity contribution in [2.75, 3.05) is 0 Å². The van der Waals surface area contributed by atoms with Crippen LogP contribution >= 0.6 is 0 Å². The fraction of sp³-hybridized carbons (Fsp3) is 0. The minimum atomic E-state index is 1.14. The molecule has 1 radical (unpaired) electrons. The summed E-state index contributed by atoms with van der Waals surface area (Å²) in [6.07, 6.45) is 3.71. The van der Waals surface area contributed by atoms with Crippen LogP contribution in [0.4, 0.5) is 0 Å². The minimum absolute atomic E-state index is 1.14. The van der Waals surface area contributed by atoms with Crippen molar-refractivity contribution in [3.8, 4) is 11.1 Å². The molecule has 4 rings (SSSR count). The number of aromatic nitrogens is 1. The van der Waals surface area contributed by atoms with Gasteiger partial charge in [-0.15, -0.1) is 0 Å². The van der Waals surface area contributed by atoms with E-state index in [0.29, 0.717) is 0 Å². The van der Waals surface area contributed by atoms with E-state index in [1.807, 2.05) is 12.3 Å². The van der Waals surface area contributed by atoms with Crippen molar-refractivity contribution in [2.24, 2.45) is 0 Å². The summed E-state index contributed by atoms with van der Waals surface area (Å²) in [5.74, 6) is 0. The van der Waals surface area contributed by atoms with Crippen LogP contribution in [0.1, 0.15) is 0 Å². The van der Waals surface area contributed by atoms with Crippen LogP contribution in [0.5, 0.6) is 0 Å². The summed E-state index contributed by atoms with van der Waals surface area (Å²) in [5, 5.41) is 4.89. The first-order valence-corrected chi connectivity index (χ1v) is 6.66. The Hall–Kier alpha value is -2.67. The summed E-state index contributed by atoms with van der Waals surface area (Å²) >= 11 is 0. The van der Waals surface area contributed by atoms with Crippen LogP contribution in [-0.2, 0) is 0 Å². The topological polar surface area (TPSA) is 12.9 Å². The number of benzene rings is 3. The van der Waals surface area contributed by atoms with Crippen molar-refractivity contribution in [3.05, 3.63) is 79.1 Å². The van der Waals surface area contributed by atoms with Crippen LogP contribution in [0.3, 0.4) is 0 Å². The van der Waals surface area contributed by atoms with E-state index in [-0.39, 0.29) is 0 Å². The molecular weight excluding hydrogens is 242 g/mol. The number of rotatable bonds is 1. The van der Waals surface area contributed by atoms with Gasteiger partial charge in [-0.25, -0.2) is 0 Å². The van der Waals surface area contributed by atoms with Gasteiger partial charge in [0.15, 0.2) is 0 Å². The van der Waals surface area contributed by atoms with Gasteiger partial charge in [0.2, 0.25) is 0 Å². The molecule has 0 atom stereocenters. The van der Waals surface area contributed by atoms with E-state index >= 15 is 0 Å². The summed E-state index contributed by atoms with van der Waals surface area (Å²) in [6.45, 7) is 0. The van der Waals surface area contributed by atoms with E-state index in [4.69, 9.17) is 0 Å².